The Bertz CT molecular complexity index is 612. The van der Waals surface area contributed by atoms with Crippen LogP contribution in [0.2, 0.25) is 0 Å². The lowest BCUT2D eigenvalue weighted by molar-refractivity contribution is 0.176. The summed E-state index contributed by atoms with van der Waals surface area (Å²) >= 11 is 1.45. The Morgan fingerprint density at radius 3 is 2.67 bits per heavy atom. The number of aliphatic hydroxyl groups is 1. The van der Waals surface area contributed by atoms with Crippen molar-refractivity contribution in [1.82, 2.24) is 14.8 Å². The van der Waals surface area contributed by atoms with Crippen LogP contribution >= 0.6 is 11.8 Å². The molecule has 1 aliphatic rings. The molecule has 0 bridgehead atoms. The second kappa shape index (κ2) is 6.13. The monoisotopic (exact) mass is 308 g/mol. The minimum Gasteiger partial charge on any atom is -0.392 e. The van der Waals surface area contributed by atoms with Crippen LogP contribution in [0.15, 0.2) is 29.4 Å². The van der Waals surface area contributed by atoms with Crippen molar-refractivity contribution >= 4 is 11.8 Å². The van der Waals surface area contributed by atoms with E-state index in [2.05, 4.69) is 10.2 Å². The molecule has 0 saturated heterocycles. The Hall–Kier alpha value is -1.44. The minimum atomic E-state index is -0.310. The summed E-state index contributed by atoms with van der Waals surface area (Å²) in [5.74, 6) is 1.33. The number of thioether (sulfide) groups is 1. The van der Waals surface area contributed by atoms with Crippen LogP contribution < -0.4 is 5.73 Å². The molecular weight excluding hydrogens is 291 g/mol. The van der Waals surface area contributed by atoms with E-state index in [1.54, 1.807) is 12.1 Å². The molecule has 3 rings (SSSR count). The molecule has 1 aliphatic carbocycles. The van der Waals surface area contributed by atoms with Gasteiger partial charge in [-0.15, -0.1) is 10.2 Å². The van der Waals surface area contributed by atoms with E-state index < -0.39 is 0 Å². The van der Waals surface area contributed by atoms with Crippen molar-refractivity contribution in [2.75, 3.05) is 5.75 Å². The topological polar surface area (TPSA) is 77.0 Å². The third kappa shape index (κ3) is 3.25. The number of benzene rings is 1. The van der Waals surface area contributed by atoms with Gasteiger partial charge >= 0.3 is 0 Å². The van der Waals surface area contributed by atoms with E-state index >= 15 is 0 Å². The molecule has 1 saturated carbocycles. The van der Waals surface area contributed by atoms with Gasteiger partial charge in [0.25, 0.3) is 0 Å². The summed E-state index contributed by atoms with van der Waals surface area (Å²) < 4.78 is 14.9. The SMILES string of the molecule is NCc1nnc(SC[C@H](O)C2CC2)n1-c1ccc(F)cc1. The molecule has 1 heterocycles. The number of rotatable bonds is 6. The van der Waals surface area contributed by atoms with Crippen molar-refractivity contribution in [2.45, 2.75) is 30.6 Å². The Morgan fingerprint density at radius 2 is 2.05 bits per heavy atom. The van der Waals surface area contributed by atoms with Crippen molar-refractivity contribution in [3.8, 4) is 5.69 Å². The van der Waals surface area contributed by atoms with Gasteiger partial charge in [-0.25, -0.2) is 4.39 Å². The average Bonchev–Trinajstić information content (AvgIpc) is 3.26. The molecule has 5 nitrogen and oxygen atoms in total. The average molecular weight is 308 g/mol. The first-order chi connectivity index (χ1) is 10.2. The largest absolute Gasteiger partial charge is 0.392 e. The second-order valence-electron chi connectivity index (χ2n) is 5.13. The lowest BCUT2D eigenvalue weighted by Gasteiger charge is -2.11. The molecule has 112 valence electrons. The zero-order valence-corrected chi connectivity index (χ0v) is 12.3. The van der Waals surface area contributed by atoms with Crippen molar-refractivity contribution in [1.29, 1.82) is 0 Å². The van der Waals surface area contributed by atoms with Crippen LogP contribution in [0.5, 0.6) is 0 Å². The number of nitrogens with zero attached hydrogens (tertiary/aromatic N) is 3. The summed E-state index contributed by atoms with van der Waals surface area (Å²) in [6.07, 6.45) is 1.88. The molecule has 2 aromatic rings. The third-order valence-corrected chi connectivity index (χ3v) is 4.55. The molecule has 1 aromatic carbocycles. The van der Waals surface area contributed by atoms with E-state index in [9.17, 15) is 9.50 Å². The highest BCUT2D eigenvalue weighted by molar-refractivity contribution is 7.99. The van der Waals surface area contributed by atoms with Crippen LogP contribution in [0.1, 0.15) is 18.7 Å². The molecule has 1 aromatic heterocycles. The summed E-state index contributed by atoms with van der Waals surface area (Å²) in [6, 6.07) is 6.12. The van der Waals surface area contributed by atoms with Gasteiger partial charge in [0, 0.05) is 11.4 Å². The molecular formula is C14H17FN4OS. The Balaban J connectivity index is 1.83. The van der Waals surface area contributed by atoms with Gasteiger partial charge in [0.15, 0.2) is 11.0 Å². The van der Waals surface area contributed by atoms with Crippen molar-refractivity contribution in [3.63, 3.8) is 0 Å². The molecule has 3 N–H and O–H groups in total. The molecule has 21 heavy (non-hydrogen) atoms. The zero-order chi connectivity index (χ0) is 14.8. The van der Waals surface area contributed by atoms with Crippen LogP contribution in [0, 0.1) is 11.7 Å². The minimum absolute atomic E-state index is 0.246. The number of hydrogen-bond acceptors (Lipinski definition) is 5. The van der Waals surface area contributed by atoms with Crippen LogP contribution in [0.3, 0.4) is 0 Å². The highest BCUT2D eigenvalue weighted by Gasteiger charge is 2.30. The zero-order valence-electron chi connectivity index (χ0n) is 11.4. The summed E-state index contributed by atoms with van der Waals surface area (Å²) in [5.41, 5.74) is 6.46. The van der Waals surface area contributed by atoms with Gasteiger partial charge in [-0.05, 0) is 43.0 Å². The van der Waals surface area contributed by atoms with Crippen LogP contribution in [0.25, 0.3) is 5.69 Å². The molecule has 1 fully saturated rings. The lowest BCUT2D eigenvalue weighted by Crippen LogP contribution is -2.13. The molecule has 0 radical (unpaired) electrons. The molecule has 0 aliphatic heterocycles. The van der Waals surface area contributed by atoms with E-state index in [1.807, 2.05) is 4.57 Å². The highest BCUT2D eigenvalue weighted by atomic mass is 32.2. The molecule has 1 atom stereocenters. The number of aromatic nitrogens is 3. The maximum absolute atomic E-state index is 13.1. The Labute approximate surface area is 126 Å². The van der Waals surface area contributed by atoms with Gasteiger partial charge in [0.05, 0.1) is 12.6 Å². The normalized spacial score (nSPS) is 16.1. The lowest BCUT2D eigenvalue weighted by atomic mass is 10.3. The third-order valence-electron chi connectivity index (χ3n) is 3.52. The number of hydrogen-bond donors (Lipinski definition) is 2. The Morgan fingerprint density at radius 1 is 1.33 bits per heavy atom. The van der Waals surface area contributed by atoms with Crippen LogP contribution in [-0.2, 0) is 6.54 Å². The summed E-state index contributed by atoms with van der Waals surface area (Å²) in [5, 5.41) is 18.8. The van der Waals surface area contributed by atoms with E-state index in [0.717, 1.165) is 18.5 Å². The number of halogens is 1. The fourth-order valence-corrected chi connectivity index (χ4v) is 3.18. The summed E-state index contributed by atoms with van der Waals surface area (Å²) in [6.45, 7) is 0.246. The summed E-state index contributed by atoms with van der Waals surface area (Å²) in [4.78, 5) is 0. The van der Waals surface area contributed by atoms with Crippen LogP contribution in [0.4, 0.5) is 4.39 Å². The van der Waals surface area contributed by atoms with Gasteiger partial charge in [-0.1, -0.05) is 11.8 Å². The van der Waals surface area contributed by atoms with Gasteiger partial charge in [-0.3, -0.25) is 4.57 Å². The highest BCUT2D eigenvalue weighted by Crippen LogP contribution is 2.35. The van der Waals surface area contributed by atoms with Gasteiger partial charge in [0.1, 0.15) is 5.82 Å². The quantitative estimate of drug-likeness (QED) is 0.795. The van der Waals surface area contributed by atoms with E-state index in [0.29, 0.717) is 22.7 Å². The van der Waals surface area contributed by atoms with Gasteiger partial charge < -0.3 is 10.8 Å². The van der Waals surface area contributed by atoms with E-state index in [4.69, 9.17) is 5.73 Å². The fourth-order valence-electron chi connectivity index (χ4n) is 2.15. The maximum Gasteiger partial charge on any atom is 0.195 e. The van der Waals surface area contributed by atoms with E-state index in [1.165, 1.54) is 23.9 Å². The molecule has 0 unspecified atom stereocenters. The van der Waals surface area contributed by atoms with Gasteiger partial charge in [0.2, 0.25) is 0 Å². The van der Waals surface area contributed by atoms with Crippen molar-refractivity contribution in [2.24, 2.45) is 11.7 Å². The number of aliphatic hydroxyl groups excluding tert-OH is 1. The maximum atomic E-state index is 13.1. The summed E-state index contributed by atoms with van der Waals surface area (Å²) in [7, 11) is 0. The molecule has 7 heteroatoms. The van der Waals surface area contributed by atoms with Gasteiger partial charge in [-0.2, -0.15) is 0 Å². The van der Waals surface area contributed by atoms with Crippen molar-refractivity contribution < 1.29 is 9.50 Å². The number of nitrogens with two attached hydrogens (primary N) is 1. The predicted octanol–water partition coefficient (Wildman–Crippen LogP) is 1.73. The van der Waals surface area contributed by atoms with Crippen LogP contribution in [-0.4, -0.2) is 31.7 Å². The standard InChI is InChI=1S/C14H17FN4OS/c15-10-3-5-11(6-4-10)19-13(7-16)17-18-14(19)21-8-12(20)9-1-2-9/h3-6,9,12,20H,1-2,7-8,16H2/t12-/m0/s1. The smallest absolute Gasteiger partial charge is 0.195 e. The first kappa shape index (κ1) is 14.5. The first-order valence-corrected chi connectivity index (χ1v) is 7.88. The molecule has 0 spiro atoms. The molecule has 0 amide bonds. The van der Waals surface area contributed by atoms with Crippen molar-refractivity contribution in [3.05, 3.63) is 35.9 Å². The second-order valence-corrected chi connectivity index (χ2v) is 6.12. The first-order valence-electron chi connectivity index (χ1n) is 6.90. The van der Waals surface area contributed by atoms with E-state index in [-0.39, 0.29) is 18.5 Å². The Kier molecular flexibility index (Phi) is 4.23. The predicted molar refractivity (Wildman–Crippen MR) is 78.7 cm³/mol. The fraction of sp³-hybridized carbons (Fsp3) is 0.429.